The molecule has 1 unspecified atom stereocenters. The van der Waals surface area contributed by atoms with Gasteiger partial charge < -0.3 is 9.84 Å². The van der Waals surface area contributed by atoms with Crippen molar-refractivity contribution in [3.05, 3.63) is 26.4 Å². The van der Waals surface area contributed by atoms with E-state index >= 15 is 0 Å². The van der Waals surface area contributed by atoms with Crippen LogP contribution in [0.1, 0.15) is 24.9 Å². The number of aromatic nitrogens is 2. The van der Waals surface area contributed by atoms with Crippen LogP contribution in [-0.4, -0.2) is 27.9 Å². The Kier molecular flexibility index (Phi) is 2.82. The van der Waals surface area contributed by atoms with Gasteiger partial charge in [0.15, 0.2) is 0 Å². The second-order valence-electron chi connectivity index (χ2n) is 3.80. The molecule has 2 N–H and O–H groups in total. The highest BCUT2D eigenvalue weighted by Gasteiger charge is 2.23. The summed E-state index contributed by atoms with van der Waals surface area (Å²) in [5.41, 5.74) is -0.845. The standard InChI is InChI=1S/C10H14N2O4/c1-2-7-8(13)11-10(15)12(9(7)14)6-3-4-16-5-6/h6,14H,2-5H2,1H3,(H,11,13,15). The quantitative estimate of drug-likeness (QED) is 0.729. The third kappa shape index (κ3) is 1.65. The maximum Gasteiger partial charge on any atom is 0.331 e. The summed E-state index contributed by atoms with van der Waals surface area (Å²) < 4.78 is 6.38. The molecule has 6 nitrogen and oxygen atoms in total. The van der Waals surface area contributed by atoms with Gasteiger partial charge in [-0.25, -0.2) is 4.79 Å². The fourth-order valence-corrected chi connectivity index (χ4v) is 1.96. The van der Waals surface area contributed by atoms with Crippen molar-refractivity contribution in [3.8, 4) is 5.88 Å². The Bertz CT molecular complexity index is 497. The first-order valence-corrected chi connectivity index (χ1v) is 5.29. The van der Waals surface area contributed by atoms with Gasteiger partial charge in [0.05, 0.1) is 18.2 Å². The molecule has 88 valence electrons. The number of hydrogen-bond acceptors (Lipinski definition) is 4. The Labute approximate surface area is 91.5 Å². The topological polar surface area (TPSA) is 84.3 Å². The number of H-pyrrole nitrogens is 1. The maximum atomic E-state index is 11.6. The van der Waals surface area contributed by atoms with Gasteiger partial charge >= 0.3 is 5.69 Å². The number of ether oxygens (including phenoxy) is 1. The fraction of sp³-hybridized carbons (Fsp3) is 0.600. The molecule has 0 saturated carbocycles. The predicted molar refractivity (Wildman–Crippen MR) is 56.8 cm³/mol. The monoisotopic (exact) mass is 226 g/mol. The first-order chi connectivity index (χ1) is 7.65. The Hall–Kier alpha value is -1.56. The maximum absolute atomic E-state index is 11.6. The molecule has 0 radical (unpaired) electrons. The van der Waals surface area contributed by atoms with Crippen LogP contribution in [0, 0.1) is 0 Å². The summed E-state index contributed by atoms with van der Waals surface area (Å²) in [4.78, 5) is 25.2. The van der Waals surface area contributed by atoms with E-state index in [4.69, 9.17) is 4.74 Å². The van der Waals surface area contributed by atoms with Crippen molar-refractivity contribution in [2.24, 2.45) is 0 Å². The third-order valence-electron chi connectivity index (χ3n) is 2.84. The van der Waals surface area contributed by atoms with Crippen LogP contribution in [0.3, 0.4) is 0 Å². The van der Waals surface area contributed by atoms with Crippen molar-refractivity contribution >= 4 is 0 Å². The normalized spacial score (nSPS) is 20.2. The van der Waals surface area contributed by atoms with E-state index in [9.17, 15) is 14.7 Å². The van der Waals surface area contributed by atoms with Crippen molar-refractivity contribution in [3.63, 3.8) is 0 Å². The molecule has 1 aliphatic heterocycles. The first kappa shape index (κ1) is 10.9. The summed E-state index contributed by atoms with van der Waals surface area (Å²) in [5, 5.41) is 9.90. The molecule has 1 aliphatic rings. The molecule has 2 heterocycles. The van der Waals surface area contributed by atoms with E-state index < -0.39 is 11.2 Å². The fourth-order valence-electron chi connectivity index (χ4n) is 1.96. The van der Waals surface area contributed by atoms with E-state index in [1.807, 2.05) is 0 Å². The van der Waals surface area contributed by atoms with E-state index in [-0.39, 0.29) is 17.5 Å². The zero-order valence-electron chi connectivity index (χ0n) is 9.02. The van der Waals surface area contributed by atoms with Crippen LogP contribution in [0.4, 0.5) is 0 Å². The number of hydrogen-bond donors (Lipinski definition) is 2. The molecule has 16 heavy (non-hydrogen) atoms. The summed E-state index contributed by atoms with van der Waals surface area (Å²) >= 11 is 0. The number of aromatic amines is 1. The molecule has 0 aromatic carbocycles. The minimum Gasteiger partial charge on any atom is -0.494 e. The predicted octanol–water partition coefficient (Wildman–Crippen LogP) is -0.234. The largest absolute Gasteiger partial charge is 0.494 e. The molecule has 2 rings (SSSR count). The van der Waals surface area contributed by atoms with Crippen molar-refractivity contribution in [2.45, 2.75) is 25.8 Å². The second-order valence-corrected chi connectivity index (χ2v) is 3.80. The Morgan fingerprint density at radius 3 is 2.88 bits per heavy atom. The van der Waals surface area contributed by atoms with E-state index in [1.165, 1.54) is 4.57 Å². The lowest BCUT2D eigenvalue weighted by molar-refractivity contribution is 0.183. The van der Waals surface area contributed by atoms with Crippen LogP contribution in [0.25, 0.3) is 0 Å². The summed E-state index contributed by atoms with van der Waals surface area (Å²) in [6, 6.07) is -0.186. The highest BCUT2D eigenvalue weighted by atomic mass is 16.5. The molecule has 1 fully saturated rings. The number of nitrogens with one attached hydrogen (secondary N) is 1. The van der Waals surface area contributed by atoms with Crippen LogP contribution < -0.4 is 11.2 Å². The molecule has 6 heteroatoms. The lowest BCUT2D eigenvalue weighted by Crippen LogP contribution is -2.34. The first-order valence-electron chi connectivity index (χ1n) is 5.29. The Balaban J connectivity index is 2.60. The number of nitrogens with zero attached hydrogens (tertiary/aromatic N) is 1. The van der Waals surface area contributed by atoms with Crippen molar-refractivity contribution in [1.29, 1.82) is 0 Å². The molecule has 1 aromatic rings. The van der Waals surface area contributed by atoms with E-state index in [1.54, 1.807) is 6.92 Å². The SMILES string of the molecule is CCc1c(O)n(C2CCOC2)c(=O)[nH]c1=O. The van der Waals surface area contributed by atoms with Gasteiger partial charge in [-0.1, -0.05) is 6.92 Å². The third-order valence-corrected chi connectivity index (χ3v) is 2.84. The number of aromatic hydroxyl groups is 1. The van der Waals surface area contributed by atoms with Gasteiger partial charge in [-0.15, -0.1) is 0 Å². The van der Waals surface area contributed by atoms with Crippen LogP contribution in [0.15, 0.2) is 9.59 Å². The summed E-state index contributed by atoms with van der Waals surface area (Å²) in [6.07, 6.45) is 1.05. The minimum absolute atomic E-state index is 0.186. The van der Waals surface area contributed by atoms with Gasteiger partial charge in [-0.2, -0.15) is 0 Å². The zero-order valence-corrected chi connectivity index (χ0v) is 9.02. The van der Waals surface area contributed by atoms with Crippen molar-refractivity contribution in [1.82, 2.24) is 9.55 Å². The van der Waals surface area contributed by atoms with Crippen LogP contribution in [0.2, 0.25) is 0 Å². The summed E-state index contributed by atoms with van der Waals surface area (Å²) in [5.74, 6) is -0.230. The molecular formula is C10H14N2O4. The van der Waals surface area contributed by atoms with Crippen LogP contribution in [-0.2, 0) is 11.2 Å². The molecule has 1 saturated heterocycles. The van der Waals surface area contributed by atoms with Gasteiger partial charge in [0.25, 0.3) is 5.56 Å². The lowest BCUT2D eigenvalue weighted by Gasteiger charge is -2.15. The van der Waals surface area contributed by atoms with Gasteiger partial charge in [0, 0.05) is 6.61 Å². The van der Waals surface area contributed by atoms with Crippen molar-refractivity contribution in [2.75, 3.05) is 13.2 Å². The summed E-state index contributed by atoms with van der Waals surface area (Å²) in [7, 11) is 0. The van der Waals surface area contributed by atoms with Gasteiger partial charge in [-0.05, 0) is 12.8 Å². The van der Waals surface area contributed by atoms with Gasteiger partial charge in [-0.3, -0.25) is 14.3 Å². The van der Waals surface area contributed by atoms with E-state index in [0.717, 1.165) is 0 Å². The molecule has 1 aromatic heterocycles. The Morgan fingerprint density at radius 1 is 1.56 bits per heavy atom. The average Bonchev–Trinajstić information content (AvgIpc) is 2.70. The second kappa shape index (κ2) is 4.13. The molecule has 1 atom stereocenters. The highest BCUT2D eigenvalue weighted by molar-refractivity contribution is 5.23. The molecule has 0 bridgehead atoms. The molecule has 0 aliphatic carbocycles. The molecule has 0 spiro atoms. The van der Waals surface area contributed by atoms with Crippen molar-refractivity contribution < 1.29 is 9.84 Å². The van der Waals surface area contributed by atoms with Crippen LogP contribution in [0.5, 0.6) is 5.88 Å². The minimum atomic E-state index is -0.574. The Morgan fingerprint density at radius 2 is 2.31 bits per heavy atom. The molecule has 0 amide bonds. The highest BCUT2D eigenvalue weighted by Crippen LogP contribution is 2.22. The van der Waals surface area contributed by atoms with Gasteiger partial charge in [0.1, 0.15) is 0 Å². The number of rotatable bonds is 2. The van der Waals surface area contributed by atoms with E-state index in [2.05, 4.69) is 4.98 Å². The lowest BCUT2D eigenvalue weighted by atomic mass is 10.2. The summed E-state index contributed by atoms with van der Waals surface area (Å²) in [6.45, 7) is 2.71. The van der Waals surface area contributed by atoms with E-state index in [0.29, 0.717) is 26.1 Å². The van der Waals surface area contributed by atoms with Crippen LogP contribution >= 0.6 is 0 Å². The smallest absolute Gasteiger partial charge is 0.331 e. The zero-order chi connectivity index (χ0) is 11.7. The average molecular weight is 226 g/mol. The molecular weight excluding hydrogens is 212 g/mol. The van der Waals surface area contributed by atoms with Gasteiger partial charge in [0.2, 0.25) is 5.88 Å².